The number of nitrogens with one attached hydrogen (secondary N) is 1. The van der Waals surface area contributed by atoms with Gasteiger partial charge in [0, 0.05) is 12.2 Å². The Bertz CT molecular complexity index is 435. The number of amides is 1. The summed E-state index contributed by atoms with van der Waals surface area (Å²) in [6, 6.07) is 3.14. The van der Waals surface area contributed by atoms with Crippen molar-refractivity contribution in [2.75, 3.05) is 0 Å². The van der Waals surface area contributed by atoms with E-state index < -0.39 is 12.0 Å². The molecule has 0 spiro atoms. The lowest BCUT2D eigenvalue weighted by Gasteiger charge is -2.13. The molecule has 1 aromatic heterocycles. The maximum Gasteiger partial charge on any atom is 0.326 e. The van der Waals surface area contributed by atoms with E-state index in [1.165, 1.54) is 0 Å². The third-order valence-electron chi connectivity index (χ3n) is 2.96. The molecule has 1 aliphatic carbocycles. The van der Waals surface area contributed by atoms with Crippen molar-refractivity contribution < 1.29 is 14.7 Å². The monoisotopic (exact) mass is 236 g/mol. The first kappa shape index (κ1) is 11.7. The van der Waals surface area contributed by atoms with Crippen LogP contribution in [0.5, 0.6) is 0 Å². The van der Waals surface area contributed by atoms with Gasteiger partial charge < -0.3 is 15.0 Å². The lowest BCUT2D eigenvalue weighted by molar-refractivity contribution is -0.139. The van der Waals surface area contributed by atoms with Gasteiger partial charge >= 0.3 is 5.97 Å². The third kappa shape index (κ3) is 2.49. The van der Waals surface area contributed by atoms with Crippen LogP contribution < -0.4 is 5.32 Å². The highest BCUT2D eigenvalue weighted by molar-refractivity contribution is 5.95. The molecule has 2 rings (SSSR count). The van der Waals surface area contributed by atoms with Gasteiger partial charge in [-0.3, -0.25) is 4.79 Å². The first-order valence-corrected chi connectivity index (χ1v) is 5.84. The van der Waals surface area contributed by atoms with Gasteiger partial charge in [-0.2, -0.15) is 0 Å². The van der Waals surface area contributed by atoms with E-state index >= 15 is 0 Å². The van der Waals surface area contributed by atoms with E-state index in [-0.39, 0.29) is 5.91 Å². The second-order valence-electron chi connectivity index (χ2n) is 4.30. The molecule has 0 radical (unpaired) electrons. The first-order valence-electron chi connectivity index (χ1n) is 5.84. The van der Waals surface area contributed by atoms with Crippen LogP contribution >= 0.6 is 0 Å². The van der Waals surface area contributed by atoms with Crippen molar-refractivity contribution in [3.05, 3.63) is 24.0 Å². The van der Waals surface area contributed by atoms with Crippen LogP contribution in [0.25, 0.3) is 0 Å². The zero-order valence-electron chi connectivity index (χ0n) is 9.72. The average Bonchev–Trinajstić information content (AvgIpc) is 3.03. The summed E-state index contributed by atoms with van der Waals surface area (Å²) in [4.78, 5) is 22.8. The molecule has 0 unspecified atom stereocenters. The summed E-state index contributed by atoms with van der Waals surface area (Å²) in [6.45, 7) is 1.74. The average molecular weight is 236 g/mol. The first-order chi connectivity index (χ1) is 8.13. The molecule has 5 heteroatoms. The molecule has 0 bridgehead atoms. The summed E-state index contributed by atoms with van der Waals surface area (Å²) in [7, 11) is 0. The Balaban J connectivity index is 2.08. The van der Waals surface area contributed by atoms with Gasteiger partial charge in [0.25, 0.3) is 5.91 Å². The maximum absolute atomic E-state index is 11.9. The SMILES string of the molecule is CC[C@@H](NC(=O)c1cccn1C1CC1)C(=O)O. The zero-order chi connectivity index (χ0) is 12.4. The van der Waals surface area contributed by atoms with Gasteiger partial charge in [0.15, 0.2) is 0 Å². The van der Waals surface area contributed by atoms with Gasteiger partial charge in [0.1, 0.15) is 11.7 Å². The highest BCUT2D eigenvalue weighted by Gasteiger charge is 2.28. The van der Waals surface area contributed by atoms with Crippen LogP contribution in [0.1, 0.15) is 42.7 Å². The second-order valence-corrected chi connectivity index (χ2v) is 4.30. The van der Waals surface area contributed by atoms with Crippen molar-refractivity contribution in [1.82, 2.24) is 9.88 Å². The normalized spacial score (nSPS) is 16.5. The minimum absolute atomic E-state index is 0.309. The molecule has 1 fully saturated rings. The van der Waals surface area contributed by atoms with Crippen molar-refractivity contribution in [3.63, 3.8) is 0 Å². The molecule has 1 aliphatic rings. The summed E-state index contributed by atoms with van der Waals surface area (Å²) < 4.78 is 1.92. The number of carbonyl (C=O) groups is 2. The Morgan fingerprint density at radius 2 is 2.29 bits per heavy atom. The summed E-state index contributed by atoms with van der Waals surface area (Å²) in [5.74, 6) is -1.30. The van der Waals surface area contributed by atoms with Crippen LogP contribution in [0.3, 0.4) is 0 Å². The fourth-order valence-corrected chi connectivity index (χ4v) is 1.83. The van der Waals surface area contributed by atoms with E-state index in [0.717, 1.165) is 12.8 Å². The highest BCUT2D eigenvalue weighted by Crippen LogP contribution is 2.35. The quantitative estimate of drug-likeness (QED) is 0.812. The van der Waals surface area contributed by atoms with Crippen LogP contribution in [0.15, 0.2) is 18.3 Å². The van der Waals surface area contributed by atoms with E-state index in [0.29, 0.717) is 18.2 Å². The molecular weight excluding hydrogens is 220 g/mol. The van der Waals surface area contributed by atoms with Crippen LogP contribution in [0.4, 0.5) is 0 Å². The lowest BCUT2D eigenvalue weighted by atomic mass is 10.2. The predicted octanol–water partition coefficient (Wildman–Crippen LogP) is 1.42. The molecule has 1 atom stereocenters. The van der Waals surface area contributed by atoms with Gasteiger partial charge in [-0.25, -0.2) is 4.79 Å². The van der Waals surface area contributed by atoms with Crippen molar-refractivity contribution in [2.45, 2.75) is 38.3 Å². The lowest BCUT2D eigenvalue weighted by Crippen LogP contribution is -2.40. The molecule has 1 amide bonds. The Labute approximate surface area is 99.4 Å². The van der Waals surface area contributed by atoms with E-state index in [2.05, 4.69) is 5.32 Å². The topological polar surface area (TPSA) is 71.3 Å². The van der Waals surface area contributed by atoms with Gasteiger partial charge in [0.05, 0.1) is 0 Å². The van der Waals surface area contributed by atoms with Crippen LogP contribution in [0, 0.1) is 0 Å². The molecule has 92 valence electrons. The molecule has 0 aromatic carbocycles. The van der Waals surface area contributed by atoms with E-state index in [4.69, 9.17) is 5.11 Å². The Hall–Kier alpha value is -1.78. The number of aliphatic carboxylic acids is 1. The van der Waals surface area contributed by atoms with Gasteiger partial charge in [-0.15, -0.1) is 0 Å². The highest BCUT2D eigenvalue weighted by atomic mass is 16.4. The Kier molecular flexibility index (Phi) is 3.17. The van der Waals surface area contributed by atoms with Gasteiger partial charge in [0.2, 0.25) is 0 Å². The molecule has 2 N–H and O–H groups in total. The van der Waals surface area contributed by atoms with E-state index in [1.54, 1.807) is 13.0 Å². The molecule has 1 aromatic rings. The van der Waals surface area contributed by atoms with Crippen molar-refractivity contribution in [2.24, 2.45) is 0 Å². The molecule has 1 saturated carbocycles. The largest absolute Gasteiger partial charge is 0.480 e. The van der Waals surface area contributed by atoms with Crippen LogP contribution in [-0.2, 0) is 4.79 Å². The van der Waals surface area contributed by atoms with Crippen molar-refractivity contribution in [3.8, 4) is 0 Å². The fraction of sp³-hybridized carbons (Fsp3) is 0.500. The summed E-state index contributed by atoms with van der Waals surface area (Å²) in [5, 5.41) is 11.4. The third-order valence-corrected chi connectivity index (χ3v) is 2.96. The molecule has 0 saturated heterocycles. The number of carboxylic acids is 1. The minimum atomic E-state index is -0.995. The molecule has 5 nitrogen and oxygen atoms in total. The number of nitrogens with zero attached hydrogens (tertiary/aromatic N) is 1. The molecule has 17 heavy (non-hydrogen) atoms. The number of carboxylic acid groups (broad SMARTS) is 1. The summed E-state index contributed by atoms with van der Waals surface area (Å²) >= 11 is 0. The predicted molar refractivity (Wildman–Crippen MR) is 61.9 cm³/mol. The maximum atomic E-state index is 11.9. The number of hydrogen-bond donors (Lipinski definition) is 2. The van der Waals surface area contributed by atoms with E-state index in [1.807, 2.05) is 16.8 Å². The number of hydrogen-bond acceptors (Lipinski definition) is 2. The summed E-state index contributed by atoms with van der Waals surface area (Å²) in [5.41, 5.74) is 0.548. The number of carbonyl (C=O) groups excluding carboxylic acids is 1. The molecule has 1 heterocycles. The zero-order valence-corrected chi connectivity index (χ0v) is 9.72. The second kappa shape index (κ2) is 4.61. The Morgan fingerprint density at radius 3 is 2.82 bits per heavy atom. The van der Waals surface area contributed by atoms with E-state index in [9.17, 15) is 9.59 Å². The van der Waals surface area contributed by atoms with Gasteiger partial charge in [-0.1, -0.05) is 6.92 Å². The van der Waals surface area contributed by atoms with Crippen molar-refractivity contribution in [1.29, 1.82) is 0 Å². The van der Waals surface area contributed by atoms with Gasteiger partial charge in [-0.05, 0) is 31.4 Å². The standard InChI is InChI=1S/C12H16N2O3/c1-2-9(12(16)17)13-11(15)10-4-3-7-14(10)8-5-6-8/h3-4,7-9H,2,5-6H2,1H3,(H,13,15)(H,16,17)/t9-/m1/s1. The fourth-order valence-electron chi connectivity index (χ4n) is 1.83. The number of rotatable bonds is 5. The Morgan fingerprint density at radius 1 is 1.59 bits per heavy atom. The smallest absolute Gasteiger partial charge is 0.326 e. The van der Waals surface area contributed by atoms with Crippen LogP contribution in [-0.4, -0.2) is 27.6 Å². The molecule has 0 aliphatic heterocycles. The molecular formula is C12H16N2O3. The number of aromatic nitrogens is 1. The van der Waals surface area contributed by atoms with Crippen LogP contribution in [0.2, 0.25) is 0 Å². The minimum Gasteiger partial charge on any atom is -0.480 e. The van der Waals surface area contributed by atoms with Crippen molar-refractivity contribution >= 4 is 11.9 Å². The summed E-state index contributed by atoms with van der Waals surface area (Å²) in [6.07, 6.45) is 4.43.